The maximum absolute atomic E-state index is 12.8. The minimum atomic E-state index is -1.18. The first-order valence-electron chi connectivity index (χ1n) is 12.1. The second-order valence-electron chi connectivity index (χ2n) is 8.66. The van der Waals surface area contributed by atoms with Crippen molar-refractivity contribution in [1.82, 2.24) is 15.1 Å². The van der Waals surface area contributed by atoms with E-state index in [9.17, 15) is 24.3 Å². The standard InChI is InChI=1S/C27H30ClN3O7/c1-3-5-24(33)37-16-38-25(34)13-12-21(29-27(36)22-15-23(32)31(2)30-22)26(35)18-10-8-17(9-11-18)19-6-4-7-20(28)14-19/h4,6-11,14-15,21,26,30,35H,3,5,12-13,16H2,1-2H3,(H,29,36)/t21-,26?/m1/s1. The van der Waals surface area contributed by atoms with E-state index in [0.717, 1.165) is 21.9 Å². The lowest BCUT2D eigenvalue weighted by molar-refractivity contribution is -0.167. The molecule has 38 heavy (non-hydrogen) atoms. The highest BCUT2D eigenvalue weighted by atomic mass is 35.5. The van der Waals surface area contributed by atoms with Gasteiger partial charge in [0, 0.05) is 31.0 Å². The van der Waals surface area contributed by atoms with Gasteiger partial charge in [0.25, 0.3) is 11.5 Å². The lowest BCUT2D eigenvalue weighted by Gasteiger charge is -2.24. The molecule has 0 aliphatic rings. The number of carbonyl (C=O) groups excluding carboxylic acids is 3. The number of amides is 1. The quantitative estimate of drug-likeness (QED) is 0.235. The number of H-pyrrole nitrogens is 1. The molecule has 1 unspecified atom stereocenters. The maximum atomic E-state index is 12.8. The number of ether oxygens (including phenoxy) is 2. The van der Waals surface area contributed by atoms with Gasteiger partial charge in [0.2, 0.25) is 6.79 Å². The number of aromatic amines is 1. The van der Waals surface area contributed by atoms with Gasteiger partial charge in [-0.15, -0.1) is 0 Å². The van der Waals surface area contributed by atoms with Crippen molar-refractivity contribution in [3.05, 3.63) is 81.2 Å². The first-order chi connectivity index (χ1) is 18.2. The Morgan fingerprint density at radius 2 is 1.71 bits per heavy atom. The van der Waals surface area contributed by atoms with Crippen LogP contribution in [0.15, 0.2) is 59.4 Å². The molecule has 3 rings (SSSR count). The molecule has 202 valence electrons. The second-order valence-corrected chi connectivity index (χ2v) is 9.10. The number of benzene rings is 2. The van der Waals surface area contributed by atoms with E-state index in [0.29, 0.717) is 17.0 Å². The van der Waals surface area contributed by atoms with Crippen molar-refractivity contribution >= 4 is 29.4 Å². The first kappa shape index (κ1) is 28.7. The van der Waals surface area contributed by atoms with Crippen molar-refractivity contribution in [1.29, 1.82) is 0 Å². The van der Waals surface area contributed by atoms with Gasteiger partial charge in [-0.25, -0.2) is 0 Å². The predicted molar refractivity (Wildman–Crippen MR) is 140 cm³/mol. The summed E-state index contributed by atoms with van der Waals surface area (Å²) in [5.41, 5.74) is 1.90. The molecular formula is C27H30ClN3O7. The summed E-state index contributed by atoms with van der Waals surface area (Å²) in [5, 5.41) is 17.0. The number of aliphatic hydroxyl groups is 1. The largest absolute Gasteiger partial charge is 0.428 e. The molecule has 0 saturated heterocycles. The molecule has 0 spiro atoms. The Balaban J connectivity index is 1.71. The van der Waals surface area contributed by atoms with Gasteiger partial charge in [-0.1, -0.05) is 54.9 Å². The molecular weight excluding hydrogens is 514 g/mol. The molecule has 0 saturated carbocycles. The Bertz CT molecular complexity index is 1320. The van der Waals surface area contributed by atoms with Crippen molar-refractivity contribution in [2.75, 3.05) is 6.79 Å². The Morgan fingerprint density at radius 1 is 1.03 bits per heavy atom. The van der Waals surface area contributed by atoms with Crippen LogP contribution in [0.5, 0.6) is 0 Å². The van der Waals surface area contributed by atoms with Crippen molar-refractivity contribution in [2.45, 2.75) is 44.8 Å². The van der Waals surface area contributed by atoms with Crippen LogP contribution in [0.4, 0.5) is 0 Å². The third kappa shape index (κ3) is 8.06. The van der Waals surface area contributed by atoms with E-state index < -0.39 is 42.3 Å². The molecule has 2 aromatic carbocycles. The minimum absolute atomic E-state index is 0.0106. The van der Waals surface area contributed by atoms with E-state index in [2.05, 4.69) is 10.4 Å². The average Bonchev–Trinajstić information content (AvgIpc) is 3.24. The first-order valence-corrected chi connectivity index (χ1v) is 12.5. The molecule has 0 fully saturated rings. The number of esters is 2. The number of aliphatic hydroxyl groups excluding tert-OH is 1. The number of aryl methyl sites for hydroxylation is 1. The molecule has 0 radical (unpaired) electrons. The normalized spacial score (nSPS) is 12.4. The number of nitrogens with zero attached hydrogens (tertiary/aromatic N) is 1. The number of carbonyl (C=O) groups is 3. The van der Waals surface area contributed by atoms with Gasteiger partial charge in [-0.2, -0.15) is 0 Å². The minimum Gasteiger partial charge on any atom is -0.428 e. The van der Waals surface area contributed by atoms with Gasteiger partial charge in [-0.05, 0) is 41.7 Å². The smallest absolute Gasteiger partial charge is 0.308 e. The fourth-order valence-electron chi connectivity index (χ4n) is 3.72. The number of halogens is 1. The molecule has 1 amide bonds. The van der Waals surface area contributed by atoms with Gasteiger partial charge in [0.05, 0.1) is 12.1 Å². The molecule has 3 aromatic rings. The predicted octanol–water partition coefficient (Wildman–Crippen LogP) is 3.49. The molecule has 10 nitrogen and oxygen atoms in total. The molecule has 0 aliphatic heterocycles. The van der Waals surface area contributed by atoms with E-state index in [1.165, 1.54) is 7.05 Å². The number of rotatable bonds is 12. The van der Waals surface area contributed by atoms with Gasteiger partial charge in [0.1, 0.15) is 5.69 Å². The van der Waals surface area contributed by atoms with Gasteiger partial charge < -0.3 is 19.9 Å². The second kappa shape index (κ2) is 13.6. The van der Waals surface area contributed by atoms with Crippen molar-refractivity contribution in [3.63, 3.8) is 0 Å². The summed E-state index contributed by atoms with van der Waals surface area (Å²) in [6.07, 6.45) is -0.507. The molecule has 3 N–H and O–H groups in total. The van der Waals surface area contributed by atoms with Gasteiger partial charge in [0.15, 0.2) is 0 Å². The van der Waals surface area contributed by atoms with Crippen LogP contribution in [0.25, 0.3) is 11.1 Å². The molecule has 0 bridgehead atoms. The molecule has 0 aliphatic carbocycles. The SMILES string of the molecule is CCCC(=O)OCOC(=O)CC[C@@H](NC(=O)c1cc(=O)n(C)[nH]1)C(O)c1ccc(-c2cccc(Cl)c2)cc1. The summed E-state index contributed by atoms with van der Waals surface area (Å²) in [7, 11) is 1.47. The van der Waals surface area contributed by atoms with Crippen LogP contribution in [0, 0.1) is 0 Å². The van der Waals surface area contributed by atoms with E-state index in [1.54, 1.807) is 18.2 Å². The van der Waals surface area contributed by atoms with Gasteiger partial charge in [-0.3, -0.25) is 29.0 Å². The van der Waals surface area contributed by atoms with Crippen molar-refractivity contribution in [2.24, 2.45) is 7.05 Å². The summed E-state index contributed by atoms with van der Waals surface area (Å²) in [5.74, 6) is -1.76. The molecule has 1 aromatic heterocycles. The lowest BCUT2D eigenvalue weighted by atomic mass is 9.96. The Morgan fingerprint density at radius 3 is 2.32 bits per heavy atom. The zero-order chi connectivity index (χ0) is 27.7. The highest BCUT2D eigenvalue weighted by Gasteiger charge is 2.25. The van der Waals surface area contributed by atoms with Crippen molar-refractivity contribution in [3.8, 4) is 11.1 Å². The highest BCUT2D eigenvalue weighted by molar-refractivity contribution is 6.30. The van der Waals surface area contributed by atoms with E-state index in [-0.39, 0.29) is 25.0 Å². The van der Waals surface area contributed by atoms with Crippen LogP contribution < -0.4 is 10.9 Å². The Labute approximate surface area is 224 Å². The van der Waals surface area contributed by atoms with E-state index in [1.807, 2.05) is 37.3 Å². The number of aromatic nitrogens is 2. The third-order valence-corrected chi connectivity index (χ3v) is 6.03. The van der Waals surface area contributed by atoms with E-state index >= 15 is 0 Å². The number of nitrogens with one attached hydrogen (secondary N) is 2. The van der Waals surface area contributed by atoms with Crippen LogP contribution in [-0.2, 0) is 26.1 Å². The van der Waals surface area contributed by atoms with Gasteiger partial charge >= 0.3 is 11.9 Å². The van der Waals surface area contributed by atoms with Crippen LogP contribution in [-0.4, -0.2) is 45.6 Å². The summed E-state index contributed by atoms with van der Waals surface area (Å²) in [6.45, 7) is 1.32. The number of hydrogen-bond acceptors (Lipinski definition) is 7. The molecule has 1 heterocycles. The van der Waals surface area contributed by atoms with Crippen LogP contribution in [0.2, 0.25) is 5.02 Å². The van der Waals surface area contributed by atoms with Crippen LogP contribution in [0.3, 0.4) is 0 Å². The maximum Gasteiger partial charge on any atom is 0.308 e. The van der Waals surface area contributed by atoms with Crippen LogP contribution in [0.1, 0.15) is 54.8 Å². The number of hydrogen-bond donors (Lipinski definition) is 3. The van der Waals surface area contributed by atoms with E-state index in [4.69, 9.17) is 21.1 Å². The fourth-order valence-corrected chi connectivity index (χ4v) is 3.91. The summed E-state index contributed by atoms with van der Waals surface area (Å²) in [4.78, 5) is 48.2. The summed E-state index contributed by atoms with van der Waals surface area (Å²) >= 11 is 6.08. The summed E-state index contributed by atoms with van der Waals surface area (Å²) in [6, 6.07) is 14.6. The Kier molecular flexibility index (Phi) is 10.3. The van der Waals surface area contributed by atoms with Crippen LogP contribution >= 0.6 is 11.6 Å². The monoisotopic (exact) mass is 543 g/mol. The van der Waals surface area contributed by atoms with Crippen molar-refractivity contribution < 1.29 is 29.0 Å². The third-order valence-electron chi connectivity index (χ3n) is 5.79. The topological polar surface area (TPSA) is 140 Å². The summed E-state index contributed by atoms with van der Waals surface area (Å²) < 4.78 is 10.9. The Hall–Kier alpha value is -3.89. The zero-order valence-corrected chi connectivity index (χ0v) is 21.9. The fraction of sp³-hybridized carbons (Fsp3) is 0.333. The highest BCUT2D eigenvalue weighted by Crippen LogP contribution is 2.26. The zero-order valence-electron chi connectivity index (χ0n) is 21.1. The molecule has 2 atom stereocenters. The average molecular weight is 544 g/mol. The lowest BCUT2D eigenvalue weighted by Crippen LogP contribution is -2.40. The molecule has 11 heteroatoms.